The molecule has 0 spiro atoms. The van der Waals surface area contributed by atoms with E-state index in [0.717, 1.165) is 18.7 Å². The molecular formula is C15H26N2O2. The van der Waals surface area contributed by atoms with Crippen LogP contribution < -0.4 is 0 Å². The summed E-state index contributed by atoms with van der Waals surface area (Å²) in [7, 11) is 0. The highest BCUT2D eigenvalue weighted by Gasteiger charge is 2.20. The van der Waals surface area contributed by atoms with Gasteiger partial charge in [0.15, 0.2) is 5.82 Å². The fourth-order valence-electron chi connectivity index (χ4n) is 2.87. The highest BCUT2D eigenvalue weighted by atomic mass is 16.5. The molecule has 1 unspecified atom stereocenters. The van der Waals surface area contributed by atoms with E-state index in [9.17, 15) is 5.11 Å². The fraction of sp³-hybridized carbons (Fsp3) is 0.867. The average Bonchev–Trinajstić information content (AvgIpc) is 2.77. The van der Waals surface area contributed by atoms with Gasteiger partial charge in [-0.1, -0.05) is 50.6 Å². The van der Waals surface area contributed by atoms with Gasteiger partial charge >= 0.3 is 0 Å². The van der Waals surface area contributed by atoms with Crippen LogP contribution in [0.1, 0.15) is 82.3 Å². The van der Waals surface area contributed by atoms with E-state index in [0.29, 0.717) is 18.2 Å². The van der Waals surface area contributed by atoms with Gasteiger partial charge in [-0.05, 0) is 19.3 Å². The minimum Gasteiger partial charge on any atom is -0.393 e. The van der Waals surface area contributed by atoms with Crippen molar-refractivity contribution in [2.75, 3.05) is 0 Å². The van der Waals surface area contributed by atoms with Gasteiger partial charge in [0, 0.05) is 5.92 Å². The van der Waals surface area contributed by atoms with Crippen LogP contribution in [0.15, 0.2) is 4.52 Å². The van der Waals surface area contributed by atoms with Gasteiger partial charge < -0.3 is 9.63 Å². The van der Waals surface area contributed by atoms with Gasteiger partial charge in [-0.3, -0.25) is 0 Å². The Morgan fingerprint density at radius 2 is 1.89 bits per heavy atom. The molecule has 4 heteroatoms. The third-order valence-electron chi connectivity index (χ3n) is 3.99. The SMILES string of the molecule is CCCC(O)Cc1nc(C2CCCCCCC2)no1. The molecule has 1 aromatic rings. The highest BCUT2D eigenvalue weighted by molar-refractivity contribution is 4.96. The molecule has 1 fully saturated rings. The molecule has 19 heavy (non-hydrogen) atoms. The van der Waals surface area contributed by atoms with Crippen molar-refractivity contribution in [2.24, 2.45) is 0 Å². The quantitative estimate of drug-likeness (QED) is 0.884. The summed E-state index contributed by atoms with van der Waals surface area (Å²) in [5.74, 6) is 1.92. The van der Waals surface area contributed by atoms with Gasteiger partial charge in [0.2, 0.25) is 5.89 Å². The van der Waals surface area contributed by atoms with Crippen molar-refractivity contribution in [2.45, 2.75) is 83.2 Å². The molecule has 0 radical (unpaired) electrons. The number of aliphatic hydroxyl groups excluding tert-OH is 1. The van der Waals surface area contributed by atoms with Crippen LogP contribution in [0.5, 0.6) is 0 Å². The first-order valence-corrected chi connectivity index (χ1v) is 7.80. The Bertz CT molecular complexity index is 357. The predicted molar refractivity (Wildman–Crippen MR) is 74.0 cm³/mol. The lowest BCUT2D eigenvalue weighted by atomic mass is 9.91. The highest BCUT2D eigenvalue weighted by Crippen LogP contribution is 2.29. The third-order valence-corrected chi connectivity index (χ3v) is 3.99. The second-order valence-corrected chi connectivity index (χ2v) is 5.73. The Morgan fingerprint density at radius 3 is 2.58 bits per heavy atom. The Balaban J connectivity index is 1.91. The van der Waals surface area contributed by atoms with E-state index in [1.807, 2.05) is 0 Å². The standard InChI is InChI=1S/C15H26N2O2/c1-2-8-13(18)11-14-16-15(17-19-14)12-9-6-4-3-5-7-10-12/h12-13,18H,2-11H2,1H3. The van der Waals surface area contributed by atoms with E-state index in [1.54, 1.807) is 0 Å². The molecule has 0 saturated heterocycles. The van der Waals surface area contributed by atoms with Crippen LogP contribution in [-0.4, -0.2) is 21.4 Å². The van der Waals surface area contributed by atoms with Crippen molar-refractivity contribution in [1.29, 1.82) is 0 Å². The summed E-state index contributed by atoms with van der Waals surface area (Å²) >= 11 is 0. The number of aliphatic hydroxyl groups is 1. The minimum atomic E-state index is -0.351. The second kappa shape index (κ2) is 7.63. The molecule has 0 aromatic carbocycles. The number of nitrogens with zero attached hydrogens (tertiary/aromatic N) is 2. The molecule has 0 bridgehead atoms. The summed E-state index contributed by atoms with van der Waals surface area (Å²) in [4.78, 5) is 4.49. The summed E-state index contributed by atoms with van der Waals surface area (Å²) in [5.41, 5.74) is 0. The maximum Gasteiger partial charge on any atom is 0.229 e. The number of aromatic nitrogens is 2. The molecule has 0 aliphatic heterocycles. The first-order valence-electron chi connectivity index (χ1n) is 7.80. The largest absolute Gasteiger partial charge is 0.393 e. The molecule has 1 saturated carbocycles. The molecule has 108 valence electrons. The van der Waals surface area contributed by atoms with Gasteiger partial charge in [-0.2, -0.15) is 4.98 Å². The zero-order chi connectivity index (χ0) is 13.5. The van der Waals surface area contributed by atoms with Crippen molar-refractivity contribution < 1.29 is 9.63 Å². The van der Waals surface area contributed by atoms with E-state index in [2.05, 4.69) is 17.1 Å². The normalized spacial score (nSPS) is 19.9. The monoisotopic (exact) mass is 266 g/mol. The van der Waals surface area contributed by atoms with Crippen LogP contribution in [0.4, 0.5) is 0 Å². The summed E-state index contributed by atoms with van der Waals surface area (Å²) in [6, 6.07) is 0. The van der Waals surface area contributed by atoms with E-state index in [4.69, 9.17) is 4.52 Å². The van der Waals surface area contributed by atoms with Crippen molar-refractivity contribution in [3.05, 3.63) is 11.7 Å². The topological polar surface area (TPSA) is 59.2 Å². The Morgan fingerprint density at radius 1 is 1.21 bits per heavy atom. The van der Waals surface area contributed by atoms with Gasteiger partial charge in [0.25, 0.3) is 0 Å². The predicted octanol–water partition coefficient (Wildman–Crippen LogP) is 3.60. The Hall–Kier alpha value is -0.900. The molecular weight excluding hydrogens is 240 g/mol. The lowest BCUT2D eigenvalue weighted by molar-refractivity contribution is 0.151. The lowest BCUT2D eigenvalue weighted by Gasteiger charge is -2.15. The number of hydrogen-bond donors (Lipinski definition) is 1. The summed E-state index contributed by atoms with van der Waals surface area (Å²) in [5, 5.41) is 13.9. The van der Waals surface area contributed by atoms with E-state index < -0.39 is 0 Å². The molecule has 1 atom stereocenters. The smallest absolute Gasteiger partial charge is 0.229 e. The zero-order valence-electron chi connectivity index (χ0n) is 12.0. The first kappa shape index (κ1) is 14.5. The molecule has 1 heterocycles. The summed E-state index contributed by atoms with van der Waals surface area (Å²) in [6.07, 6.45) is 10.8. The fourth-order valence-corrected chi connectivity index (χ4v) is 2.87. The first-order chi connectivity index (χ1) is 9.29. The third kappa shape index (κ3) is 4.60. The Kier molecular flexibility index (Phi) is 5.83. The molecule has 2 rings (SSSR count). The maximum atomic E-state index is 9.78. The Labute approximate surface area is 115 Å². The van der Waals surface area contributed by atoms with Crippen molar-refractivity contribution in [3.63, 3.8) is 0 Å². The number of rotatable bonds is 5. The minimum absolute atomic E-state index is 0.351. The van der Waals surface area contributed by atoms with Gasteiger partial charge in [-0.25, -0.2) is 0 Å². The van der Waals surface area contributed by atoms with Crippen LogP contribution in [0, 0.1) is 0 Å². The maximum absolute atomic E-state index is 9.78. The lowest BCUT2D eigenvalue weighted by Crippen LogP contribution is -2.10. The summed E-state index contributed by atoms with van der Waals surface area (Å²) < 4.78 is 5.29. The van der Waals surface area contributed by atoms with Crippen LogP contribution in [0.2, 0.25) is 0 Å². The molecule has 0 amide bonds. The van der Waals surface area contributed by atoms with Crippen LogP contribution in [0.3, 0.4) is 0 Å². The average molecular weight is 266 g/mol. The van der Waals surface area contributed by atoms with Gasteiger partial charge in [0.1, 0.15) is 0 Å². The van der Waals surface area contributed by atoms with Crippen LogP contribution >= 0.6 is 0 Å². The molecule has 1 aromatic heterocycles. The van der Waals surface area contributed by atoms with Crippen LogP contribution in [0.25, 0.3) is 0 Å². The van der Waals surface area contributed by atoms with Crippen molar-refractivity contribution in [1.82, 2.24) is 10.1 Å². The van der Waals surface area contributed by atoms with Crippen LogP contribution in [-0.2, 0) is 6.42 Å². The van der Waals surface area contributed by atoms with E-state index in [-0.39, 0.29) is 6.10 Å². The molecule has 1 N–H and O–H groups in total. The summed E-state index contributed by atoms with van der Waals surface area (Å²) in [6.45, 7) is 2.07. The van der Waals surface area contributed by atoms with Crippen molar-refractivity contribution >= 4 is 0 Å². The molecule has 4 nitrogen and oxygen atoms in total. The number of hydrogen-bond acceptors (Lipinski definition) is 4. The molecule has 1 aliphatic carbocycles. The van der Waals surface area contributed by atoms with E-state index >= 15 is 0 Å². The van der Waals surface area contributed by atoms with Gasteiger partial charge in [0.05, 0.1) is 12.5 Å². The molecule has 1 aliphatic rings. The second-order valence-electron chi connectivity index (χ2n) is 5.73. The van der Waals surface area contributed by atoms with Crippen molar-refractivity contribution in [3.8, 4) is 0 Å². The van der Waals surface area contributed by atoms with E-state index in [1.165, 1.54) is 44.9 Å². The zero-order valence-corrected chi connectivity index (χ0v) is 12.0. The van der Waals surface area contributed by atoms with Gasteiger partial charge in [-0.15, -0.1) is 0 Å².